The lowest BCUT2D eigenvalue weighted by atomic mass is 9.97. The molecule has 3 nitrogen and oxygen atoms in total. The number of aryl methyl sites for hydroxylation is 3. The summed E-state index contributed by atoms with van der Waals surface area (Å²) in [5.41, 5.74) is 6.32. The quantitative estimate of drug-likeness (QED) is 0.639. The van der Waals surface area contributed by atoms with Gasteiger partial charge < -0.3 is 0 Å². The van der Waals surface area contributed by atoms with Crippen LogP contribution in [-0.4, -0.2) is 4.57 Å². The third kappa shape index (κ3) is 2.35. The summed E-state index contributed by atoms with van der Waals surface area (Å²) in [6.07, 6.45) is 6.34. The van der Waals surface area contributed by atoms with Gasteiger partial charge in [0.1, 0.15) is 13.2 Å². The van der Waals surface area contributed by atoms with Crippen molar-refractivity contribution in [2.45, 2.75) is 6.92 Å². The zero-order valence-electron chi connectivity index (χ0n) is 13.0. The maximum atomic E-state index is 2.20. The van der Waals surface area contributed by atoms with Crippen LogP contribution in [0.3, 0.4) is 0 Å². The fourth-order valence-electron chi connectivity index (χ4n) is 2.91. The molecule has 1 aromatic carbocycles. The molecule has 0 saturated heterocycles. The summed E-state index contributed by atoms with van der Waals surface area (Å²) < 4.78 is 6.41. The molecule has 21 heavy (non-hydrogen) atoms. The Kier molecular flexibility index (Phi) is 3.34. The molecule has 2 aromatic heterocycles. The minimum Gasteiger partial charge on any atom is -0.239 e. The van der Waals surface area contributed by atoms with Gasteiger partial charge in [0.15, 0.2) is 11.9 Å². The van der Waals surface area contributed by atoms with E-state index in [2.05, 4.69) is 96.9 Å². The number of hydrogen-bond acceptors (Lipinski definition) is 0. The standard InChI is InChI=1S/C18H21N3/c1-14-15(17-10-5-6-11-20(17)3)8-7-9-16(14)18-12-19(2)13-21(18)4/h5-13H,1-4H3/q+2. The van der Waals surface area contributed by atoms with E-state index < -0.39 is 0 Å². The van der Waals surface area contributed by atoms with Crippen LogP contribution in [0, 0.1) is 6.92 Å². The molecule has 0 amide bonds. The van der Waals surface area contributed by atoms with Gasteiger partial charge in [-0.05, 0) is 24.6 Å². The summed E-state index contributed by atoms with van der Waals surface area (Å²) in [5, 5.41) is 0. The molecule has 0 saturated carbocycles. The van der Waals surface area contributed by atoms with E-state index in [4.69, 9.17) is 0 Å². The van der Waals surface area contributed by atoms with Crippen LogP contribution in [-0.2, 0) is 21.1 Å². The van der Waals surface area contributed by atoms with E-state index in [0.717, 1.165) is 0 Å². The van der Waals surface area contributed by atoms with Gasteiger partial charge in [-0.15, -0.1) is 0 Å². The second-order valence-electron chi connectivity index (χ2n) is 5.58. The minimum absolute atomic E-state index is 1.23. The van der Waals surface area contributed by atoms with E-state index in [0.29, 0.717) is 0 Å². The molecule has 0 aliphatic heterocycles. The van der Waals surface area contributed by atoms with Gasteiger partial charge in [0.2, 0.25) is 12.0 Å². The highest BCUT2D eigenvalue weighted by Gasteiger charge is 2.18. The Morgan fingerprint density at radius 2 is 1.71 bits per heavy atom. The lowest BCUT2D eigenvalue weighted by Crippen LogP contribution is -2.30. The van der Waals surface area contributed by atoms with E-state index >= 15 is 0 Å². The van der Waals surface area contributed by atoms with Crippen molar-refractivity contribution in [2.75, 3.05) is 0 Å². The Morgan fingerprint density at radius 3 is 2.38 bits per heavy atom. The highest BCUT2D eigenvalue weighted by molar-refractivity contribution is 5.73. The van der Waals surface area contributed by atoms with E-state index in [1.54, 1.807) is 0 Å². The second kappa shape index (κ2) is 5.17. The molecule has 2 heterocycles. The molecule has 0 bridgehead atoms. The van der Waals surface area contributed by atoms with Crippen LogP contribution in [0.25, 0.3) is 22.5 Å². The molecule has 0 spiro atoms. The van der Waals surface area contributed by atoms with E-state index in [-0.39, 0.29) is 0 Å². The maximum absolute atomic E-state index is 2.20. The van der Waals surface area contributed by atoms with Gasteiger partial charge in [-0.25, -0.2) is 13.7 Å². The van der Waals surface area contributed by atoms with Crippen molar-refractivity contribution in [3.63, 3.8) is 0 Å². The molecule has 0 N–H and O–H groups in total. The first-order valence-corrected chi connectivity index (χ1v) is 7.14. The van der Waals surface area contributed by atoms with Crippen LogP contribution in [0.4, 0.5) is 0 Å². The number of aromatic nitrogens is 3. The van der Waals surface area contributed by atoms with Crippen molar-refractivity contribution in [3.8, 4) is 22.5 Å². The average molecular weight is 279 g/mol. The Labute approximate surface area is 125 Å². The minimum atomic E-state index is 1.23. The van der Waals surface area contributed by atoms with Crippen LogP contribution >= 0.6 is 0 Å². The summed E-state index contributed by atoms with van der Waals surface area (Å²) >= 11 is 0. The Hall–Kier alpha value is -2.42. The van der Waals surface area contributed by atoms with Crippen molar-refractivity contribution in [2.24, 2.45) is 21.1 Å². The van der Waals surface area contributed by atoms with Crippen LogP contribution in [0.15, 0.2) is 55.1 Å². The van der Waals surface area contributed by atoms with Crippen LogP contribution in [0.1, 0.15) is 5.56 Å². The van der Waals surface area contributed by atoms with Gasteiger partial charge in [-0.1, -0.05) is 12.1 Å². The number of pyridine rings is 1. The fraction of sp³-hybridized carbons (Fsp3) is 0.222. The van der Waals surface area contributed by atoms with E-state index in [1.807, 2.05) is 0 Å². The largest absolute Gasteiger partial charge is 0.243 e. The molecule has 0 radical (unpaired) electrons. The van der Waals surface area contributed by atoms with Gasteiger partial charge in [0, 0.05) is 23.3 Å². The Balaban J connectivity index is 2.21. The molecule has 3 heteroatoms. The number of hydrogen-bond donors (Lipinski definition) is 0. The monoisotopic (exact) mass is 279 g/mol. The highest BCUT2D eigenvalue weighted by atomic mass is 15.1. The summed E-state index contributed by atoms with van der Waals surface area (Å²) in [5.74, 6) is 0. The molecule has 106 valence electrons. The molecule has 0 atom stereocenters. The van der Waals surface area contributed by atoms with Crippen LogP contribution < -0.4 is 9.13 Å². The van der Waals surface area contributed by atoms with Crippen molar-refractivity contribution < 1.29 is 9.13 Å². The lowest BCUT2D eigenvalue weighted by Gasteiger charge is -2.08. The maximum Gasteiger partial charge on any atom is 0.243 e. The number of imidazole rings is 1. The average Bonchev–Trinajstić information content (AvgIpc) is 2.79. The van der Waals surface area contributed by atoms with Gasteiger partial charge in [-0.2, -0.15) is 0 Å². The molecule has 0 unspecified atom stereocenters. The lowest BCUT2D eigenvalue weighted by molar-refractivity contribution is -0.670. The normalized spacial score (nSPS) is 10.9. The summed E-state index contributed by atoms with van der Waals surface area (Å²) in [7, 11) is 6.23. The van der Waals surface area contributed by atoms with Gasteiger partial charge in [0.05, 0.1) is 14.1 Å². The van der Waals surface area contributed by atoms with Gasteiger partial charge >= 0.3 is 0 Å². The molecular formula is C18H21N3+2. The highest BCUT2D eigenvalue weighted by Crippen LogP contribution is 2.29. The summed E-state index contributed by atoms with van der Waals surface area (Å²) in [6.45, 7) is 2.20. The van der Waals surface area contributed by atoms with Crippen molar-refractivity contribution in [1.29, 1.82) is 0 Å². The van der Waals surface area contributed by atoms with Gasteiger partial charge in [0.25, 0.3) is 0 Å². The molecule has 0 fully saturated rings. The zero-order valence-corrected chi connectivity index (χ0v) is 13.0. The van der Waals surface area contributed by atoms with E-state index in [1.165, 1.54) is 28.1 Å². The van der Waals surface area contributed by atoms with Crippen molar-refractivity contribution in [3.05, 3.63) is 60.7 Å². The molecule has 3 rings (SSSR count). The Bertz CT molecular complexity index is 800. The summed E-state index contributed by atoms with van der Waals surface area (Å²) in [6, 6.07) is 12.8. The SMILES string of the molecule is Cc1c(-c2c[n+](C)cn2C)cccc1-c1cccc[n+]1C. The zero-order chi connectivity index (χ0) is 15.0. The smallest absolute Gasteiger partial charge is 0.239 e. The summed E-state index contributed by atoms with van der Waals surface area (Å²) in [4.78, 5) is 0. The Morgan fingerprint density at radius 1 is 0.952 bits per heavy atom. The van der Waals surface area contributed by atoms with E-state index in [9.17, 15) is 0 Å². The first-order valence-electron chi connectivity index (χ1n) is 7.14. The molecule has 0 aliphatic carbocycles. The van der Waals surface area contributed by atoms with Crippen LogP contribution in [0.2, 0.25) is 0 Å². The third-order valence-corrected chi connectivity index (χ3v) is 4.00. The van der Waals surface area contributed by atoms with Crippen molar-refractivity contribution in [1.82, 2.24) is 4.57 Å². The second-order valence-corrected chi connectivity index (χ2v) is 5.58. The molecule has 0 aliphatic rings. The number of benzene rings is 1. The number of rotatable bonds is 2. The predicted molar refractivity (Wildman–Crippen MR) is 83.4 cm³/mol. The molecular weight excluding hydrogens is 258 g/mol. The fourth-order valence-corrected chi connectivity index (χ4v) is 2.91. The predicted octanol–water partition coefficient (Wildman–Crippen LogP) is 2.32. The van der Waals surface area contributed by atoms with Crippen molar-refractivity contribution >= 4 is 0 Å². The van der Waals surface area contributed by atoms with Gasteiger partial charge in [-0.3, -0.25) is 0 Å². The van der Waals surface area contributed by atoms with Crippen LogP contribution in [0.5, 0.6) is 0 Å². The first kappa shape index (κ1) is 13.6. The number of nitrogens with zero attached hydrogens (tertiary/aromatic N) is 3. The third-order valence-electron chi connectivity index (χ3n) is 4.00. The molecule has 3 aromatic rings. The topological polar surface area (TPSA) is 12.7 Å². The first-order chi connectivity index (χ1) is 10.1.